The predicted molar refractivity (Wildman–Crippen MR) is 176 cm³/mol. The molecule has 0 radical (unpaired) electrons. The van der Waals surface area contributed by atoms with Crippen molar-refractivity contribution in [2.45, 2.75) is 110 Å². The summed E-state index contributed by atoms with van der Waals surface area (Å²) in [7, 11) is 0. The number of alkyl halides is 3. The van der Waals surface area contributed by atoms with E-state index >= 15 is 0 Å². The average Bonchev–Trinajstić information content (AvgIpc) is 3.66. The van der Waals surface area contributed by atoms with E-state index in [0.29, 0.717) is 12.8 Å². The first-order valence-corrected chi connectivity index (χ1v) is 17.6. The van der Waals surface area contributed by atoms with Crippen molar-refractivity contribution < 1.29 is 62.2 Å². The van der Waals surface area contributed by atoms with Gasteiger partial charge >= 0.3 is 34.6 Å². The van der Waals surface area contributed by atoms with E-state index in [4.69, 9.17) is 0 Å². The Morgan fingerprint density at radius 2 is 1.35 bits per heavy atom. The standard InChI is InChI=1S/C25H25.C14H18F3.CH2.2ClH.Zr/c1-14-12-24(3,4)22-8-16-7-17-9-23-19(15(2)13-25(23,5)6)11-21(17)20(16)10-18(14)22;1-10-3-4-12(9-10)13(2)7-5-11(6-8-13)14(15,16)17;;;;/h8-12H,7H2,1-6H3;3-4,9,11H,5-8H2,1-2H3;1H2;2*1H;/q2*-1;;;;+2/p-2. The molecule has 0 aliphatic heterocycles. The minimum Gasteiger partial charge on any atom is -1.00 e. The molecule has 6 heteroatoms. The summed E-state index contributed by atoms with van der Waals surface area (Å²) in [4.78, 5) is 0. The van der Waals surface area contributed by atoms with Crippen molar-refractivity contribution in [3.63, 3.8) is 0 Å². The van der Waals surface area contributed by atoms with Gasteiger partial charge in [-0.25, -0.2) is 11.6 Å². The Kier molecular flexibility index (Phi) is 11.6. The molecule has 0 heterocycles. The molecule has 4 aliphatic carbocycles. The number of hydrogen-bond acceptors (Lipinski definition) is 0. The zero-order valence-corrected chi connectivity index (χ0v) is 32.3. The van der Waals surface area contributed by atoms with E-state index in [1.165, 1.54) is 91.0 Å². The first-order chi connectivity index (χ1) is 20.5. The molecule has 1 fully saturated rings. The Hall–Kier alpha value is -1.61. The minimum atomic E-state index is -4.01. The van der Waals surface area contributed by atoms with Crippen molar-refractivity contribution in [1.82, 2.24) is 0 Å². The first kappa shape index (κ1) is 38.8. The molecule has 0 aromatic heterocycles. The van der Waals surface area contributed by atoms with E-state index < -0.39 is 12.1 Å². The van der Waals surface area contributed by atoms with E-state index in [-0.39, 0.29) is 53.9 Å². The third-order valence-corrected chi connectivity index (χ3v) is 10.6. The van der Waals surface area contributed by atoms with Gasteiger partial charge in [0.05, 0.1) is 5.92 Å². The number of halogens is 5. The first-order valence-electron chi connectivity index (χ1n) is 15.8. The largest absolute Gasteiger partial charge is 1.00 e. The molecule has 246 valence electrons. The Balaban J connectivity index is 0.000000243. The van der Waals surface area contributed by atoms with Crippen LogP contribution in [0.25, 0.3) is 22.3 Å². The third kappa shape index (κ3) is 7.07. The number of allylic oxidation sites excluding steroid dienone is 4. The summed E-state index contributed by atoms with van der Waals surface area (Å²) < 4.78 is 41.1. The molecule has 7 rings (SSSR count). The molecule has 0 saturated heterocycles. The van der Waals surface area contributed by atoms with E-state index in [2.05, 4.69) is 101 Å². The fourth-order valence-corrected chi connectivity index (χ4v) is 8.08. The van der Waals surface area contributed by atoms with Crippen LogP contribution in [0.15, 0.2) is 48.5 Å². The summed E-state index contributed by atoms with van der Waals surface area (Å²) in [6.45, 7) is 17.8. The Bertz CT molecular complexity index is 1580. The second-order valence-electron chi connectivity index (χ2n) is 14.8. The van der Waals surface area contributed by atoms with E-state index in [1.807, 2.05) is 13.0 Å². The fraction of sp³-hybridized carbons (Fsp3) is 0.450. The second kappa shape index (κ2) is 13.7. The maximum absolute atomic E-state index is 12.6. The second-order valence-corrected chi connectivity index (χ2v) is 14.8. The molecule has 46 heavy (non-hydrogen) atoms. The van der Waals surface area contributed by atoms with Crippen LogP contribution in [0.1, 0.15) is 119 Å². The van der Waals surface area contributed by atoms with Crippen LogP contribution in [0.5, 0.6) is 0 Å². The number of benzene rings is 2. The molecule has 0 N–H and O–H groups in total. The molecule has 4 aliphatic rings. The Morgan fingerprint density at radius 1 is 0.804 bits per heavy atom. The maximum Gasteiger partial charge on any atom is -1.00 e. The average molecular weight is 745 g/mol. The smallest absolute Gasteiger partial charge is 1.00 e. The summed E-state index contributed by atoms with van der Waals surface area (Å²) in [6.07, 6.45) is 4.94. The van der Waals surface area contributed by atoms with Crippen molar-refractivity contribution in [1.29, 1.82) is 0 Å². The molecule has 0 atom stereocenters. The Morgan fingerprint density at radius 3 is 1.87 bits per heavy atom. The van der Waals surface area contributed by atoms with Crippen LogP contribution in [0.2, 0.25) is 0 Å². The minimum absolute atomic E-state index is 0. The van der Waals surface area contributed by atoms with Crippen molar-refractivity contribution in [3.05, 3.63) is 99.1 Å². The molecular formula is C40H45Cl2F3Zr-2. The number of fused-ring (bicyclic) bond motifs is 5. The van der Waals surface area contributed by atoms with Gasteiger partial charge in [0.1, 0.15) is 0 Å². The fourth-order valence-electron chi connectivity index (χ4n) is 8.08. The number of aryl methyl sites for hydroxylation is 1. The van der Waals surface area contributed by atoms with Crippen LogP contribution in [-0.4, -0.2) is 10.4 Å². The molecule has 0 bridgehead atoms. The van der Waals surface area contributed by atoms with Crippen LogP contribution in [0.4, 0.5) is 13.2 Å². The topological polar surface area (TPSA) is 0 Å². The summed E-state index contributed by atoms with van der Waals surface area (Å²) in [6, 6.07) is 16.0. The van der Waals surface area contributed by atoms with Gasteiger partial charge in [0.2, 0.25) is 0 Å². The zero-order chi connectivity index (χ0) is 32.4. The zero-order valence-electron chi connectivity index (χ0n) is 28.3. The van der Waals surface area contributed by atoms with Gasteiger partial charge in [-0.05, 0) is 71.2 Å². The van der Waals surface area contributed by atoms with Gasteiger partial charge in [0.25, 0.3) is 0 Å². The molecule has 0 unspecified atom stereocenters. The van der Waals surface area contributed by atoms with Crippen LogP contribution >= 0.6 is 0 Å². The van der Waals surface area contributed by atoms with Crippen molar-refractivity contribution >= 4 is 15.4 Å². The maximum atomic E-state index is 12.6. The summed E-state index contributed by atoms with van der Waals surface area (Å²) in [5, 5.41) is 0. The van der Waals surface area contributed by atoms with Gasteiger partial charge in [-0.15, -0.1) is 11.6 Å². The summed E-state index contributed by atoms with van der Waals surface area (Å²) in [5.41, 5.74) is 16.9. The number of hydrogen-bond donors (Lipinski definition) is 0. The molecule has 1 saturated carbocycles. The SMILES string of the molecule is CC1=[C-]C(C)(C)c2cc3c(cc21)-c1cc2c(cc1C3)C(C)(C)C=C2C.Cc1cc(C2(C)CCC(C(F)(F)F)CC2)c[cH-]1.[CH2]=[Zr+2].[Cl-].[Cl-]. The van der Waals surface area contributed by atoms with Gasteiger partial charge < -0.3 is 24.8 Å². The van der Waals surface area contributed by atoms with E-state index in [0.717, 1.165) is 6.42 Å². The van der Waals surface area contributed by atoms with Gasteiger partial charge in [-0.2, -0.15) is 42.0 Å². The van der Waals surface area contributed by atoms with Gasteiger partial charge in [-0.3, -0.25) is 6.08 Å². The molecule has 0 spiro atoms. The monoisotopic (exact) mass is 742 g/mol. The Labute approximate surface area is 301 Å². The van der Waals surface area contributed by atoms with Crippen molar-refractivity contribution in [2.24, 2.45) is 5.92 Å². The van der Waals surface area contributed by atoms with Crippen LogP contribution in [0.3, 0.4) is 0 Å². The van der Waals surface area contributed by atoms with Crippen molar-refractivity contribution in [3.8, 4) is 11.1 Å². The molecular weight excluding hydrogens is 700 g/mol. The summed E-state index contributed by atoms with van der Waals surface area (Å²) >= 11 is 1.30. The van der Waals surface area contributed by atoms with Gasteiger partial charge in [0.15, 0.2) is 0 Å². The van der Waals surface area contributed by atoms with Gasteiger partial charge in [-0.1, -0.05) is 90.3 Å². The van der Waals surface area contributed by atoms with Crippen LogP contribution in [-0.2, 0) is 46.9 Å². The van der Waals surface area contributed by atoms with Gasteiger partial charge in [0, 0.05) is 5.41 Å². The molecule has 3 aromatic carbocycles. The van der Waals surface area contributed by atoms with Crippen LogP contribution < -0.4 is 24.8 Å². The van der Waals surface area contributed by atoms with E-state index in [9.17, 15) is 13.2 Å². The quantitative estimate of drug-likeness (QED) is 0.237. The molecule has 0 amide bonds. The van der Waals surface area contributed by atoms with Crippen LogP contribution in [0, 0.1) is 18.9 Å². The molecule has 0 nitrogen and oxygen atoms in total. The summed E-state index contributed by atoms with van der Waals surface area (Å²) in [5.74, 6) is -1.09. The normalized spacial score (nSPS) is 22.6. The van der Waals surface area contributed by atoms with Crippen molar-refractivity contribution in [2.75, 3.05) is 0 Å². The molecule has 3 aromatic rings. The predicted octanol–water partition coefficient (Wildman–Crippen LogP) is 5.15. The number of rotatable bonds is 1. The third-order valence-electron chi connectivity index (χ3n) is 10.6. The van der Waals surface area contributed by atoms with E-state index in [1.54, 1.807) is 0 Å².